The quantitative estimate of drug-likeness (QED) is 0.508. The molecule has 0 saturated heterocycles. The van der Waals surface area contributed by atoms with Gasteiger partial charge in [-0.25, -0.2) is 4.98 Å². The molecule has 1 aromatic heterocycles. The van der Waals surface area contributed by atoms with E-state index in [1.54, 1.807) is 18.8 Å². The summed E-state index contributed by atoms with van der Waals surface area (Å²) in [4.78, 5) is 7.93. The Hall–Kier alpha value is -0.970. The molecule has 11 heavy (non-hydrogen) atoms. The van der Waals surface area contributed by atoms with Crippen molar-refractivity contribution < 1.29 is 0 Å². The Morgan fingerprint density at radius 2 is 2.27 bits per heavy atom. The minimum absolute atomic E-state index is 0.307. The molecule has 0 bridgehead atoms. The van der Waals surface area contributed by atoms with Crippen LogP contribution in [0.4, 0.5) is 11.8 Å². The van der Waals surface area contributed by atoms with Crippen LogP contribution in [0, 0.1) is 0 Å². The van der Waals surface area contributed by atoms with Crippen molar-refractivity contribution in [2.75, 3.05) is 24.4 Å². The van der Waals surface area contributed by atoms with E-state index in [1.165, 1.54) is 0 Å². The first-order chi connectivity index (χ1) is 5.26. The highest BCUT2D eigenvalue weighted by Crippen LogP contribution is 2.15. The minimum atomic E-state index is 0.307. The van der Waals surface area contributed by atoms with Crippen LogP contribution in [0.25, 0.3) is 0 Å². The molecule has 0 unspecified atom stereocenters. The van der Waals surface area contributed by atoms with Gasteiger partial charge in [-0.1, -0.05) is 0 Å². The third-order valence-electron chi connectivity index (χ3n) is 1.19. The zero-order chi connectivity index (χ0) is 8.27. The van der Waals surface area contributed by atoms with Gasteiger partial charge in [-0.3, -0.25) is 0 Å². The summed E-state index contributed by atoms with van der Waals surface area (Å²) in [6.07, 6.45) is 1.95. The lowest BCUT2D eigenvalue weighted by atomic mass is 10.6. The van der Waals surface area contributed by atoms with Gasteiger partial charge in [0.2, 0.25) is 5.95 Å². The molecule has 0 radical (unpaired) electrons. The van der Waals surface area contributed by atoms with Gasteiger partial charge < -0.3 is 11.1 Å². The Balaban J connectivity index is 3.02. The van der Waals surface area contributed by atoms with Crippen LogP contribution in [-0.4, -0.2) is 23.3 Å². The zero-order valence-electron chi connectivity index (χ0n) is 6.46. The number of hydrogen-bond acceptors (Lipinski definition) is 5. The second kappa shape index (κ2) is 3.43. The average Bonchev–Trinajstić information content (AvgIpc) is 2.03. The van der Waals surface area contributed by atoms with E-state index >= 15 is 0 Å². The van der Waals surface area contributed by atoms with Gasteiger partial charge in [0.25, 0.3) is 0 Å². The highest BCUT2D eigenvalue weighted by molar-refractivity contribution is 7.98. The van der Waals surface area contributed by atoms with E-state index in [1.807, 2.05) is 12.3 Å². The molecule has 0 atom stereocenters. The number of thioether (sulfide) groups is 1. The van der Waals surface area contributed by atoms with Gasteiger partial charge in [0.1, 0.15) is 10.8 Å². The molecule has 0 aromatic carbocycles. The van der Waals surface area contributed by atoms with Crippen LogP contribution >= 0.6 is 11.8 Å². The Morgan fingerprint density at radius 3 is 2.82 bits per heavy atom. The Morgan fingerprint density at radius 1 is 1.55 bits per heavy atom. The normalized spacial score (nSPS) is 9.64. The van der Waals surface area contributed by atoms with Gasteiger partial charge in [0.05, 0.1) is 0 Å². The van der Waals surface area contributed by atoms with E-state index in [-0.39, 0.29) is 0 Å². The first-order valence-corrected chi connectivity index (χ1v) is 4.35. The number of nitrogen functional groups attached to an aromatic ring is 1. The summed E-state index contributed by atoms with van der Waals surface area (Å²) in [5.41, 5.74) is 5.44. The molecule has 4 nitrogen and oxygen atoms in total. The molecular weight excluding hydrogens is 160 g/mol. The predicted molar refractivity (Wildman–Crippen MR) is 47.8 cm³/mol. The van der Waals surface area contributed by atoms with E-state index < -0.39 is 0 Å². The SMILES string of the molecule is CNc1cc(SC)nc(N)n1. The second-order valence-corrected chi connectivity index (χ2v) is 2.73. The van der Waals surface area contributed by atoms with Gasteiger partial charge in [0, 0.05) is 13.1 Å². The predicted octanol–water partition coefficient (Wildman–Crippen LogP) is 0.822. The Bertz CT molecular complexity index is 228. The molecule has 0 amide bonds. The van der Waals surface area contributed by atoms with E-state index in [2.05, 4.69) is 15.3 Å². The summed E-state index contributed by atoms with van der Waals surface area (Å²) in [6.45, 7) is 0. The zero-order valence-corrected chi connectivity index (χ0v) is 7.27. The number of hydrogen-bond donors (Lipinski definition) is 2. The maximum absolute atomic E-state index is 5.44. The average molecular weight is 170 g/mol. The fourth-order valence-corrected chi connectivity index (χ4v) is 1.09. The van der Waals surface area contributed by atoms with E-state index in [0.717, 1.165) is 10.8 Å². The molecule has 0 spiro atoms. The summed E-state index contributed by atoms with van der Waals surface area (Å²) in [6, 6.07) is 1.85. The number of nitrogens with zero attached hydrogens (tertiary/aromatic N) is 2. The summed E-state index contributed by atoms with van der Waals surface area (Å²) < 4.78 is 0. The van der Waals surface area contributed by atoms with Crippen LogP contribution in [0.15, 0.2) is 11.1 Å². The molecule has 1 heterocycles. The van der Waals surface area contributed by atoms with Crippen LogP contribution in [0.5, 0.6) is 0 Å². The third kappa shape index (κ3) is 1.98. The van der Waals surface area contributed by atoms with Gasteiger partial charge in [-0.15, -0.1) is 11.8 Å². The summed E-state index contributed by atoms with van der Waals surface area (Å²) in [7, 11) is 1.80. The standard InChI is InChI=1S/C6H10N4S/c1-8-4-3-5(11-2)10-6(7)9-4/h3H,1-2H3,(H3,7,8,9,10). The molecule has 0 aliphatic carbocycles. The van der Waals surface area contributed by atoms with Crippen molar-refractivity contribution in [1.82, 2.24) is 9.97 Å². The van der Waals surface area contributed by atoms with E-state index in [0.29, 0.717) is 5.95 Å². The van der Waals surface area contributed by atoms with E-state index in [9.17, 15) is 0 Å². The molecule has 1 aromatic rings. The van der Waals surface area contributed by atoms with E-state index in [4.69, 9.17) is 5.73 Å². The first-order valence-electron chi connectivity index (χ1n) is 3.12. The molecule has 3 N–H and O–H groups in total. The molecule has 5 heteroatoms. The number of aromatic nitrogens is 2. The highest BCUT2D eigenvalue weighted by atomic mass is 32.2. The van der Waals surface area contributed by atoms with Crippen LogP contribution < -0.4 is 11.1 Å². The largest absolute Gasteiger partial charge is 0.373 e. The van der Waals surface area contributed by atoms with Gasteiger partial charge in [0.15, 0.2) is 0 Å². The Labute approximate surface area is 69.6 Å². The van der Waals surface area contributed by atoms with Crippen molar-refractivity contribution in [1.29, 1.82) is 0 Å². The smallest absolute Gasteiger partial charge is 0.223 e. The number of nitrogens with two attached hydrogens (primary N) is 1. The number of nitrogens with one attached hydrogen (secondary N) is 1. The third-order valence-corrected chi connectivity index (χ3v) is 1.81. The summed E-state index contributed by atoms with van der Waals surface area (Å²) >= 11 is 1.54. The fourth-order valence-electron chi connectivity index (χ4n) is 0.675. The lowest BCUT2D eigenvalue weighted by molar-refractivity contribution is 1.07. The van der Waals surface area contributed by atoms with Gasteiger partial charge >= 0.3 is 0 Å². The molecule has 1 rings (SSSR count). The second-order valence-electron chi connectivity index (χ2n) is 1.90. The van der Waals surface area contributed by atoms with Crippen molar-refractivity contribution in [2.45, 2.75) is 5.03 Å². The monoisotopic (exact) mass is 170 g/mol. The summed E-state index contributed by atoms with van der Waals surface area (Å²) in [5.74, 6) is 1.06. The number of anilines is 2. The maximum atomic E-state index is 5.44. The van der Waals surface area contributed by atoms with Crippen molar-refractivity contribution in [3.05, 3.63) is 6.07 Å². The molecule has 60 valence electrons. The first kappa shape index (κ1) is 8.13. The van der Waals surface area contributed by atoms with Crippen LogP contribution in [0.1, 0.15) is 0 Å². The van der Waals surface area contributed by atoms with Crippen molar-refractivity contribution in [2.24, 2.45) is 0 Å². The van der Waals surface area contributed by atoms with Crippen molar-refractivity contribution in [3.8, 4) is 0 Å². The summed E-state index contributed by atoms with van der Waals surface area (Å²) in [5, 5.41) is 3.77. The molecular formula is C6H10N4S. The number of rotatable bonds is 2. The van der Waals surface area contributed by atoms with Gasteiger partial charge in [-0.05, 0) is 6.26 Å². The molecule has 0 aliphatic heterocycles. The topological polar surface area (TPSA) is 63.8 Å². The van der Waals surface area contributed by atoms with Crippen LogP contribution in [0.3, 0.4) is 0 Å². The Kier molecular flexibility index (Phi) is 2.53. The fraction of sp³-hybridized carbons (Fsp3) is 0.333. The van der Waals surface area contributed by atoms with Crippen molar-refractivity contribution >= 4 is 23.5 Å². The van der Waals surface area contributed by atoms with Crippen LogP contribution in [-0.2, 0) is 0 Å². The minimum Gasteiger partial charge on any atom is -0.373 e. The van der Waals surface area contributed by atoms with Gasteiger partial charge in [-0.2, -0.15) is 4.98 Å². The highest BCUT2D eigenvalue weighted by Gasteiger charge is 1.97. The molecule has 0 fully saturated rings. The lowest BCUT2D eigenvalue weighted by Gasteiger charge is -2.01. The molecule has 0 saturated carbocycles. The molecule has 0 aliphatic rings. The van der Waals surface area contributed by atoms with Crippen molar-refractivity contribution in [3.63, 3.8) is 0 Å². The maximum Gasteiger partial charge on any atom is 0.223 e. The van der Waals surface area contributed by atoms with Crippen LogP contribution in [0.2, 0.25) is 0 Å². The lowest BCUT2D eigenvalue weighted by Crippen LogP contribution is -2.00.